The Hall–Kier alpha value is -3.20. The average Bonchev–Trinajstić information content (AvgIpc) is 3.00. The zero-order chi connectivity index (χ0) is 21.7. The lowest BCUT2D eigenvalue weighted by Crippen LogP contribution is -2.26. The second-order valence-corrected chi connectivity index (χ2v) is 9.18. The first-order valence-corrected chi connectivity index (χ1v) is 11.9. The fourth-order valence-corrected chi connectivity index (χ4v) is 4.73. The summed E-state index contributed by atoms with van der Waals surface area (Å²) in [5, 5.41) is 11.4. The molecule has 8 nitrogen and oxygen atoms in total. The molecule has 3 aromatic rings. The molecule has 0 spiro atoms. The van der Waals surface area contributed by atoms with Crippen molar-refractivity contribution in [2.75, 3.05) is 11.3 Å². The lowest BCUT2D eigenvalue weighted by Gasteiger charge is -2.10. The van der Waals surface area contributed by atoms with Crippen LogP contribution in [0.15, 0.2) is 59.5 Å². The predicted molar refractivity (Wildman–Crippen MR) is 117 cm³/mol. The Labute approximate surface area is 181 Å². The molecule has 9 heteroatoms. The van der Waals surface area contributed by atoms with Gasteiger partial charge in [-0.15, -0.1) is 10.2 Å². The Kier molecular flexibility index (Phi) is 6.31. The molecule has 0 aliphatic carbocycles. The van der Waals surface area contributed by atoms with E-state index in [4.69, 9.17) is 0 Å². The van der Waals surface area contributed by atoms with Gasteiger partial charge in [-0.25, -0.2) is 8.42 Å². The monoisotopic (exact) mass is 439 g/mol. The maximum absolute atomic E-state index is 12.6. The number of anilines is 1. The Balaban J connectivity index is 1.37. The molecule has 1 amide bonds. The number of aryl methyl sites for hydroxylation is 1. The molecule has 0 radical (unpaired) electrons. The van der Waals surface area contributed by atoms with E-state index in [0.29, 0.717) is 24.2 Å². The van der Waals surface area contributed by atoms with Crippen molar-refractivity contribution in [2.24, 2.45) is 0 Å². The minimum absolute atomic E-state index is 0.164. The van der Waals surface area contributed by atoms with Gasteiger partial charge in [0, 0.05) is 37.2 Å². The van der Waals surface area contributed by atoms with Crippen molar-refractivity contribution in [3.05, 3.63) is 71.8 Å². The number of carbonyl (C=O) groups is 1. The summed E-state index contributed by atoms with van der Waals surface area (Å²) in [6, 6.07) is 14.5. The van der Waals surface area contributed by atoms with Crippen LogP contribution in [0.1, 0.15) is 41.3 Å². The number of aromatic nitrogens is 3. The number of nitrogens with one attached hydrogen (secondary N) is 2. The number of fused-ring (bicyclic) bond motifs is 1. The normalized spacial score (nSPS) is 13.8. The molecule has 0 unspecified atom stereocenters. The molecule has 31 heavy (non-hydrogen) atoms. The number of hydrogen-bond donors (Lipinski definition) is 2. The highest BCUT2D eigenvalue weighted by Crippen LogP contribution is 2.17. The number of rotatable bonds is 7. The van der Waals surface area contributed by atoms with Crippen LogP contribution in [0.25, 0.3) is 0 Å². The van der Waals surface area contributed by atoms with Gasteiger partial charge in [0.2, 0.25) is 0 Å². The molecule has 1 aliphatic rings. The van der Waals surface area contributed by atoms with Crippen LogP contribution in [0.2, 0.25) is 0 Å². The summed E-state index contributed by atoms with van der Waals surface area (Å²) < 4.78 is 29.7. The number of sulfonamides is 1. The summed E-state index contributed by atoms with van der Waals surface area (Å²) in [6.45, 7) is 1.35. The van der Waals surface area contributed by atoms with Crippen LogP contribution in [-0.4, -0.2) is 35.6 Å². The van der Waals surface area contributed by atoms with E-state index in [1.165, 1.54) is 24.6 Å². The summed E-state index contributed by atoms with van der Waals surface area (Å²) in [6.07, 6.45) is 5.00. The lowest BCUT2D eigenvalue weighted by molar-refractivity contribution is 0.0954. The SMILES string of the molecule is O=C(NCCc1nnc2n1CCCCC2)c1cccc(NS(=O)(=O)c2ccccc2)c1. The predicted octanol–water partition coefficient (Wildman–Crippen LogP) is 2.78. The second kappa shape index (κ2) is 9.30. The first-order chi connectivity index (χ1) is 15.0. The standard InChI is InChI=1S/C22H25N5O3S/c28-22(23-14-13-21-25-24-20-12-5-2-6-15-27(20)21)17-8-7-9-18(16-17)26-31(29,30)19-10-3-1-4-11-19/h1,3-4,7-11,16,26H,2,5-6,12-15H2,(H,23,28). The molecule has 0 fully saturated rings. The number of carbonyl (C=O) groups excluding carboxylic acids is 1. The fourth-order valence-electron chi connectivity index (χ4n) is 3.66. The van der Waals surface area contributed by atoms with Crippen LogP contribution >= 0.6 is 0 Å². The van der Waals surface area contributed by atoms with Crippen molar-refractivity contribution in [3.8, 4) is 0 Å². The molecule has 0 saturated carbocycles. The van der Waals surface area contributed by atoms with Crippen molar-refractivity contribution < 1.29 is 13.2 Å². The number of benzene rings is 2. The van der Waals surface area contributed by atoms with Gasteiger partial charge in [-0.1, -0.05) is 30.7 Å². The first kappa shape index (κ1) is 21.0. The van der Waals surface area contributed by atoms with E-state index in [2.05, 4.69) is 24.8 Å². The van der Waals surface area contributed by atoms with Crippen LogP contribution in [0, 0.1) is 0 Å². The van der Waals surface area contributed by atoms with Gasteiger partial charge in [-0.2, -0.15) is 0 Å². The van der Waals surface area contributed by atoms with Crippen molar-refractivity contribution in [1.29, 1.82) is 0 Å². The van der Waals surface area contributed by atoms with Crippen molar-refractivity contribution >= 4 is 21.6 Å². The molecular formula is C22H25N5O3S. The molecule has 1 aromatic heterocycles. The number of amides is 1. The third kappa shape index (κ3) is 5.11. The molecule has 2 heterocycles. The van der Waals surface area contributed by atoms with E-state index < -0.39 is 10.0 Å². The summed E-state index contributed by atoms with van der Waals surface area (Å²) in [5.74, 6) is 1.65. The maximum Gasteiger partial charge on any atom is 0.261 e. The third-order valence-corrected chi connectivity index (χ3v) is 6.65. The summed E-state index contributed by atoms with van der Waals surface area (Å²) >= 11 is 0. The zero-order valence-corrected chi connectivity index (χ0v) is 17.9. The van der Waals surface area contributed by atoms with Crippen LogP contribution in [0.5, 0.6) is 0 Å². The minimum Gasteiger partial charge on any atom is -0.352 e. The molecule has 0 bridgehead atoms. The number of hydrogen-bond acceptors (Lipinski definition) is 5. The molecular weight excluding hydrogens is 414 g/mol. The van der Waals surface area contributed by atoms with E-state index in [1.54, 1.807) is 36.4 Å². The molecule has 2 aromatic carbocycles. The van der Waals surface area contributed by atoms with E-state index in [9.17, 15) is 13.2 Å². The highest BCUT2D eigenvalue weighted by Gasteiger charge is 2.16. The zero-order valence-electron chi connectivity index (χ0n) is 17.1. The first-order valence-electron chi connectivity index (χ1n) is 10.4. The third-order valence-electron chi connectivity index (χ3n) is 5.25. The summed E-state index contributed by atoms with van der Waals surface area (Å²) in [5.41, 5.74) is 0.715. The summed E-state index contributed by atoms with van der Waals surface area (Å²) in [4.78, 5) is 12.7. The van der Waals surface area contributed by atoms with Crippen LogP contribution in [0.4, 0.5) is 5.69 Å². The Morgan fingerprint density at radius 1 is 1.00 bits per heavy atom. The molecule has 2 N–H and O–H groups in total. The quantitative estimate of drug-likeness (QED) is 0.589. The van der Waals surface area contributed by atoms with E-state index in [-0.39, 0.29) is 10.8 Å². The lowest BCUT2D eigenvalue weighted by atomic mass is 10.2. The fraction of sp³-hybridized carbons (Fsp3) is 0.318. The van der Waals surface area contributed by atoms with E-state index in [0.717, 1.165) is 37.5 Å². The Morgan fingerprint density at radius 3 is 2.68 bits per heavy atom. The highest BCUT2D eigenvalue weighted by atomic mass is 32.2. The summed E-state index contributed by atoms with van der Waals surface area (Å²) in [7, 11) is -3.71. The maximum atomic E-state index is 12.6. The molecule has 0 atom stereocenters. The van der Waals surface area contributed by atoms with Gasteiger partial charge >= 0.3 is 0 Å². The van der Waals surface area contributed by atoms with Gasteiger partial charge < -0.3 is 9.88 Å². The smallest absolute Gasteiger partial charge is 0.261 e. The molecule has 4 rings (SSSR count). The molecule has 1 aliphatic heterocycles. The largest absolute Gasteiger partial charge is 0.352 e. The highest BCUT2D eigenvalue weighted by molar-refractivity contribution is 7.92. The molecule has 0 saturated heterocycles. The van der Waals surface area contributed by atoms with Crippen molar-refractivity contribution in [3.63, 3.8) is 0 Å². The van der Waals surface area contributed by atoms with Crippen LogP contribution in [0.3, 0.4) is 0 Å². The van der Waals surface area contributed by atoms with Crippen molar-refractivity contribution in [1.82, 2.24) is 20.1 Å². The Morgan fingerprint density at radius 2 is 1.84 bits per heavy atom. The average molecular weight is 440 g/mol. The van der Waals surface area contributed by atoms with Gasteiger partial charge in [0.25, 0.3) is 15.9 Å². The van der Waals surface area contributed by atoms with Gasteiger partial charge in [-0.3, -0.25) is 9.52 Å². The van der Waals surface area contributed by atoms with E-state index >= 15 is 0 Å². The second-order valence-electron chi connectivity index (χ2n) is 7.50. The van der Waals surface area contributed by atoms with Gasteiger partial charge in [-0.05, 0) is 43.2 Å². The Bertz CT molecular complexity index is 1160. The van der Waals surface area contributed by atoms with E-state index in [1.807, 2.05) is 0 Å². The van der Waals surface area contributed by atoms with Gasteiger partial charge in [0.05, 0.1) is 4.90 Å². The molecule has 162 valence electrons. The minimum atomic E-state index is -3.71. The van der Waals surface area contributed by atoms with Crippen LogP contribution < -0.4 is 10.0 Å². The topological polar surface area (TPSA) is 106 Å². The van der Waals surface area contributed by atoms with Gasteiger partial charge in [0.1, 0.15) is 11.6 Å². The van der Waals surface area contributed by atoms with Gasteiger partial charge in [0.15, 0.2) is 0 Å². The van der Waals surface area contributed by atoms with Crippen LogP contribution in [-0.2, 0) is 29.4 Å². The van der Waals surface area contributed by atoms with Crippen molar-refractivity contribution in [2.45, 2.75) is 43.5 Å². The number of nitrogens with zero attached hydrogens (tertiary/aromatic N) is 3.